The van der Waals surface area contributed by atoms with Gasteiger partial charge in [0.2, 0.25) is 0 Å². The average Bonchev–Trinajstić information content (AvgIpc) is 2.58. The number of methoxy groups -OCH3 is 1. The van der Waals surface area contributed by atoms with Crippen molar-refractivity contribution in [1.82, 2.24) is 10.2 Å². The lowest BCUT2D eigenvalue weighted by atomic mass is 10.0. The van der Waals surface area contributed by atoms with Gasteiger partial charge in [0, 0.05) is 11.9 Å². The van der Waals surface area contributed by atoms with Crippen LogP contribution in [0.1, 0.15) is 12.5 Å². The van der Waals surface area contributed by atoms with Crippen molar-refractivity contribution in [3.63, 3.8) is 0 Å². The molecule has 5 nitrogen and oxygen atoms in total. The number of thiocarbonyl (C=S) groups is 1. The van der Waals surface area contributed by atoms with E-state index in [0.29, 0.717) is 6.54 Å². The van der Waals surface area contributed by atoms with E-state index < -0.39 is 5.91 Å². The number of fused-ring (bicyclic) bond motifs is 1. The summed E-state index contributed by atoms with van der Waals surface area (Å²) < 4.78 is 5.37. The Morgan fingerprint density at radius 1 is 1.17 bits per heavy atom. The summed E-state index contributed by atoms with van der Waals surface area (Å²) in [4.78, 5) is 26.1. The van der Waals surface area contributed by atoms with Crippen molar-refractivity contribution in [2.45, 2.75) is 6.92 Å². The van der Waals surface area contributed by atoms with Gasteiger partial charge in [-0.25, -0.2) is 0 Å². The number of likely N-dealkylation sites (N-methyl/N-ethyl adjacent to an activating group) is 1. The van der Waals surface area contributed by atoms with Crippen LogP contribution < -0.4 is 10.1 Å². The van der Waals surface area contributed by atoms with Crippen LogP contribution in [0.4, 0.5) is 0 Å². The van der Waals surface area contributed by atoms with Gasteiger partial charge < -0.3 is 4.74 Å². The highest BCUT2D eigenvalue weighted by Crippen LogP contribution is 2.30. The average molecular weight is 340 g/mol. The molecule has 1 aliphatic heterocycles. The fourth-order valence-electron chi connectivity index (χ4n) is 2.74. The molecule has 0 aromatic heterocycles. The minimum Gasteiger partial charge on any atom is -0.496 e. The zero-order valence-corrected chi connectivity index (χ0v) is 14.1. The number of carbonyl (C=O) groups is 2. The number of rotatable bonds is 3. The Balaban J connectivity index is 2.14. The fourth-order valence-corrected chi connectivity index (χ4v) is 3.04. The number of ether oxygens (including phenoxy) is 1. The molecular formula is C18H16N2O3S. The van der Waals surface area contributed by atoms with Crippen LogP contribution in [0.25, 0.3) is 16.8 Å². The highest BCUT2D eigenvalue weighted by Gasteiger charge is 2.32. The quantitative estimate of drug-likeness (QED) is 0.530. The Morgan fingerprint density at radius 3 is 2.54 bits per heavy atom. The van der Waals surface area contributed by atoms with Gasteiger partial charge in [-0.3, -0.25) is 19.8 Å². The standard InChI is InChI=1S/C18H16N2O3S/c1-3-20-17(22)14(16(21)19-18(20)24)10-11-8-9-15(23-2)13-7-5-4-6-12(11)13/h4-10H,3H2,1-2H3,(H,19,21,24). The molecule has 0 saturated carbocycles. The molecule has 0 bridgehead atoms. The molecule has 0 unspecified atom stereocenters. The van der Waals surface area contributed by atoms with Gasteiger partial charge in [0.15, 0.2) is 5.11 Å². The number of nitrogens with one attached hydrogen (secondary N) is 1. The highest BCUT2D eigenvalue weighted by atomic mass is 32.1. The van der Waals surface area contributed by atoms with Crippen molar-refractivity contribution in [2.24, 2.45) is 0 Å². The van der Waals surface area contributed by atoms with Crippen LogP contribution in [0.3, 0.4) is 0 Å². The second-order valence-electron chi connectivity index (χ2n) is 5.27. The van der Waals surface area contributed by atoms with Crippen molar-refractivity contribution < 1.29 is 14.3 Å². The summed E-state index contributed by atoms with van der Waals surface area (Å²) >= 11 is 5.04. The number of amides is 2. The van der Waals surface area contributed by atoms with Gasteiger partial charge in [0.1, 0.15) is 11.3 Å². The first-order valence-corrected chi connectivity index (χ1v) is 7.92. The smallest absolute Gasteiger partial charge is 0.265 e. The first-order chi connectivity index (χ1) is 11.6. The maximum Gasteiger partial charge on any atom is 0.265 e. The van der Waals surface area contributed by atoms with Crippen LogP contribution in [-0.2, 0) is 9.59 Å². The summed E-state index contributed by atoms with van der Waals surface area (Å²) in [5.41, 5.74) is 0.842. The largest absolute Gasteiger partial charge is 0.496 e. The van der Waals surface area contributed by atoms with Crippen molar-refractivity contribution >= 4 is 46.0 Å². The second kappa shape index (κ2) is 6.41. The molecule has 1 fully saturated rings. The summed E-state index contributed by atoms with van der Waals surface area (Å²) in [5.74, 6) is -0.121. The molecule has 0 aliphatic carbocycles. The maximum atomic E-state index is 12.5. The molecule has 3 rings (SSSR count). The number of hydrogen-bond donors (Lipinski definition) is 1. The number of nitrogens with zero attached hydrogens (tertiary/aromatic N) is 1. The SMILES string of the molecule is CCN1C(=O)C(=Cc2ccc(OC)c3ccccc23)C(=O)NC1=S. The number of hydrogen-bond acceptors (Lipinski definition) is 4. The summed E-state index contributed by atoms with van der Waals surface area (Å²) in [5, 5.41) is 4.52. The van der Waals surface area contributed by atoms with Crippen LogP contribution in [-0.4, -0.2) is 35.5 Å². The third-order valence-corrected chi connectivity index (χ3v) is 4.26. The molecule has 24 heavy (non-hydrogen) atoms. The zero-order chi connectivity index (χ0) is 17.3. The molecule has 1 aliphatic rings. The minimum absolute atomic E-state index is 0.0702. The van der Waals surface area contributed by atoms with Gasteiger partial charge in [-0.2, -0.15) is 0 Å². The van der Waals surface area contributed by atoms with Crippen molar-refractivity contribution in [3.05, 3.63) is 47.5 Å². The molecule has 0 spiro atoms. The topological polar surface area (TPSA) is 58.6 Å². The zero-order valence-electron chi connectivity index (χ0n) is 13.3. The van der Waals surface area contributed by atoms with Crippen LogP contribution in [0.15, 0.2) is 42.0 Å². The highest BCUT2D eigenvalue weighted by molar-refractivity contribution is 7.80. The van der Waals surface area contributed by atoms with E-state index in [2.05, 4.69) is 5.32 Å². The van der Waals surface area contributed by atoms with E-state index in [1.807, 2.05) is 43.3 Å². The van der Waals surface area contributed by atoms with Crippen LogP contribution >= 0.6 is 12.2 Å². The predicted molar refractivity (Wildman–Crippen MR) is 96.6 cm³/mol. The molecule has 2 aromatic rings. The number of carbonyl (C=O) groups excluding carboxylic acids is 2. The molecule has 122 valence electrons. The third-order valence-electron chi connectivity index (χ3n) is 3.94. The fraction of sp³-hybridized carbons (Fsp3) is 0.167. The third kappa shape index (κ3) is 2.65. The first-order valence-electron chi connectivity index (χ1n) is 7.51. The van der Waals surface area contributed by atoms with Gasteiger partial charge in [-0.15, -0.1) is 0 Å². The Morgan fingerprint density at radius 2 is 1.88 bits per heavy atom. The predicted octanol–water partition coefficient (Wildman–Crippen LogP) is 2.50. The lowest BCUT2D eigenvalue weighted by Gasteiger charge is -2.27. The van der Waals surface area contributed by atoms with Crippen LogP contribution in [0.2, 0.25) is 0 Å². The van der Waals surface area contributed by atoms with E-state index in [-0.39, 0.29) is 16.6 Å². The van der Waals surface area contributed by atoms with Crippen LogP contribution in [0, 0.1) is 0 Å². The Hall–Kier alpha value is -2.73. The Labute approximate surface area is 144 Å². The van der Waals surface area contributed by atoms with Gasteiger partial charge in [-0.1, -0.05) is 30.3 Å². The molecule has 1 N–H and O–H groups in total. The number of benzene rings is 2. The summed E-state index contributed by atoms with van der Waals surface area (Å²) in [6, 6.07) is 11.3. The second-order valence-corrected chi connectivity index (χ2v) is 5.66. The Kier molecular flexibility index (Phi) is 4.31. The molecule has 0 atom stereocenters. The normalized spacial score (nSPS) is 16.7. The molecule has 2 aromatic carbocycles. The Bertz CT molecular complexity index is 889. The molecule has 1 heterocycles. The molecule has 6 heteroatoms. The lowest BCUT2D eigenvalue weighted by molar-refractivity contribution is -0.128. The van der Waals surface area contributed by atoms with E-state index in [9.17, 15) is 9.59 Å². The van der Waals surface area contributed by atoms with Crippen molar-refractivity contribution in [1.29, 1.82) is 0 Å². The van der Waals surface area contributed by atoms with Gasteiger partial charge >= 0.3 is 0 Å². The van der Waals surface area contributed by atoms with E-state index in [1.54, 1.807) is 13.2 Å². The van der Waals surface area contributed by atoms with Gasteiger partial charge in [0.25, 0.3) is 11.8 Å². The monoisotopic (exact) mass is 340 g/mol. The summed E-state index contributed by atoms with van der Waals surface area (Å²) in [6.45, 7) is 2.21. The molecular weight excluding hydrogens is 324 g/mol. The summed E-state index contributed by atoms with van der Waals surface area (Å²) in [7, 11) is 1.61. The lowest BCUT2D eigenvalue weighted by Crippen LogP contribution is -2.53. The van der Waals surface area contributed by atoms with Crippen molar-refractivity contribution in [3.8, 4) is 5.75 Å². The summed E-state index contributed by atoms with van der Waals surface area (Å²) in [6.07, 6.45) is 1.60. The van der Waals surface area contributed by atoms with Gasteiger partial charge in [0.05, 0.1) is 7.11 Å². The van der Waals surface area contributed by atoms with Gasteiger partial charge in [-0.05, 0) is 42.2 Å². The molecule has 1 saturated heterocycles. The van der Waals surface area contributed by atoms with E-state index in [4.69, 9.17) is 17.0 Å². The molecule has 0 radical (unpaired) electrons. The maximum absolute atomic E-state index is 12.5. The van der Waals surface area contributed by atoms with E-state index >= 15 is 0 Å². The van der Waals surface area contributed by atoms with Crippen molar-refractivity contribution in [2.75, 3.05) is 13.7 Å². The van der Waals surface area contributed by atoms with E-state index in [1.165, 1.54) is 4.90 Å². The minimum atomic E-state index is -0.477. The van der Waals surface area contributed by atoms with E-state index in [0.717, 1.165) is 22.1 Å². The molecule has 2 amide bonds. The first kappa shape index (κ1) is 16.1. The van der Waals surface area contributed by atoms with Crippen LogP contribution in [0.5, 0.6) is 5.75 Å².